The first kappa shape index (κ1) is 17.9. The minimum Gasteiger partial charge on any atom is -0.341 e. The fraction of sp³-hybridized carbons (Fsp3) is 0.111. The van der Waals surface area contributed by atoms with E-state index in [9.17, 15) is 0 Å². The number of aromatic nitrogens is 4. The van der Waals surface area contributed by atoms with Crippen LogP contribution < -0.4 is 0 Å². The van der Waals surface area contributed by atoms with Crippen LogP contribution in [0.3, 0.4) is 0 Å². The summed E-state index contributed by atoms with van der Waals surface area (Å²) in [6, 6.07) is 23.9. The predicted octanol–water partition coefficient (Wildman–Crippen LogP) is 7.20. The van der Waals surface area contributed by atoms with Crippen LogP contribution in [0.15, 0.2) is 72.9 Å². The van der Waals surface area contributed by atoms with Crippen molar-refractivity contribution >= 4 is 59.9 Å². The van der Waals surface area contributed by atoms with Gasteiger partial charge in [-0.3, -0.25) is 4.40 Å². The SMILES string of the molecule is CCn1c2ccccc2c2cc(-c3cnc4c5ccccc5c5nc(C)sc5n34)ccc21. The topological polar surface area (TPSA) is 35.1 Å². The molecule has 32 heavy (non-hydrogen) atoms. The van der Waals surface area contributed by atoms with Gasteiger partial charge < -0.3 is 4.57 Å². The Morgan fingerprint density at radius 1 is 0.844 bits per heavy atom. The van der Waals surface area contributed by atoms with E-state index in [4.69, 9.17) is 9.97 Å². The summed E-state index contributed by atoms with van der Waals surface area (Å²) in [5, 5.41) is 5.95. The highest BCUT2D eigenvalue weighted by atomic mass is 32.1. The van der Waals surface area contributed by atoms with Gasteiger partial charge in [0.25, 0.3) is 0 Å². The monoisotopic (exact) mass is 432 g/mol. The van der Waals surface area contributed by atoms with Crippen LogP contribution in [0.5, 0.6) is 0 Å². The van der Waals surface area contributed by atoms with Crippen molar-refractivity contribution in [3.8, 4) is 11.3 Å². The van der Waals surface area contributed by atoms with Crippen molar-refractivity contribution in [2.75, 3.05) is 0 Å². The molecule has 0 fully saturated rings. The molecule has 0 bridgehead atoms. The number of para-hydroxylation sites is 1. The molecule has 0 aliphatic heterocycles. The summed E-state index contributed by atoms with van der Waals surface area (Å²) in [4.78, 5) is 10.9. The predicted molar refractivity (Wildman–Crippen MR) is 135 cm³/mol. The van der Waals surface area contributed by atoms with E-state index in [0.717, 1.165) is 44.0 Å². The lowest BCUT2D eigenvalue weighted by Gasteiger charge is -2.08. The molecule has 0 radical (unpaired) electrons. The molecule has 3 aromatic carbocycles. The van der Waals surface area contributed by atoms with E-state index < -0.39 is 0 Å². The van der Waals surface area contributed by atoms with Crippen molar-refractivity contribution in [2.45, 2.75) is 20.4 Å². The molecule has 4 heterocycles. The van der Waals surface area contributed by atoms with Crippen molar-refractivity contribution in [1.29, 1.82) is 0 Å². The number of imidazole rings is 1. The Balaban J connectivity index is 1.60. The lowest BCUT2D eigenvalue weighted by Crippen LogP contribution is -1.93. The molecule has 0 aliphatic carbocycles. The molecular formula is C27H20N4S. The lowest BCUT2D eigenvalue weighted by atomic mass is 10.1. The number of hydrogen-bond donors (Lipinski definition) is 0. The van der Waals surface area contributed by atoms with E-state index >= 15 is 0 Å². The first-order valence-electron chi connectivity index (χ1n) is 10.9. The molecule has 0 unspecified atom stereocenters. The molecule has 0 N–H and O–H groups in total. The molecule has 0 aliphatic rings. The zero-order chi connectivity index (χ0) is 21.4. The van der Waals surface area contributed by atoms with Crippen LogP contribution in [-0.2, 0) is 6.54 Å². The molecule has 0 atom stereocenters. The minimum absolute atomic E-state index is 0.950. The summed E-state index contributed by atoms with van der Waals surface area (Å²) in [5.41, 5.74) is 6.88. The molecule has 7 aromatic rings. The van der Waals surface area contributed by atoms with Gasteiger partial charge in [-0.15, -0.1) is 11.3 Å². The summed E-state index contributed by atoms with van der Waals surface area (Å²) in [6.07, 6.45) is 2.01. The van der Waals surface area contributed by atoms with E-state index in [0.29, 0.717) is 0 Å². The van der Waals surface area contributed by atoms with Crippen molar-refractivity contribution < 1.29 is 0 Å². The quantitative estimate of drug-likeness (QED) is 0.289. The Bertz CT molecular complexity index is 1830. The van der Waals surface area contributed by atoms with E-state index in [1.807, 2.05) is 6.20 Å². The van der Waals surface area contributed by atoms with Crippen molar-refractivity contribution in [3.63, 3.8) is 0 Å². The second kappa shape index (κ2) is 6.40. The Morgan fingerprint density at radius 2 is 1.59 bits per heavy atom. The van der Waals surface area contributed by atoms with E-state index in [2.05, 4.69) is 89.5 Å². The normalized spacial score (nSPS) is 12.2. The minimum atomic E-state index is 0.950. The second-order valence-corrected chi connectivity index (χ2v) is 9.41. The first-order chi connectivity index (χ1) is 15.7. The van der Waals surface area contributed by atoms with Gasteiger partial charge in [0.2, 0.25) is 0 Å². The van der Waals surface area contributed by atoms with Crippen LogP contribution in [0.4, 0.5) is 0 Å². The molecule has 0 amide bonds. The van der Waals surface area contributed by atoms with Crippen molar-refractivity contribution in [1.82, 2.24) is 18.9 Å². The largest absolute Gasteiger partial charge is 0.341 e. The molecule has 0 spiro atoms. The maximum Gasteiger partial charge on any atom is 0.146 e. The number of fused-ring (bicyclic) bond motifs is 9. The number of aryl methyl sites for hydroxylation is 2. The first-order valence-corrected chi connectivity index (χ1v) is 11.7. The molecule has 0 saturated heterocycles. The number of thiazole rings is 1. The lowest BCUT2D eigenvalue weighted by molar-refractivity contribution is 0.827. The molecule has 7 rings (SSSR count). The highest BCUT2D eigenvalue weighted by Crippen LogP contribution is 2.37. The number of rotatable bonds is 2. The fourth-order valence-corrected chi connectivity index (χ4v) is 6.08. The smallest absolute Gasteiger partial charge is 0.146 e. The summed E-state index contributed by atoms with van der Waals surface area (Å²) < 4.78 is 4.68. The van der Waals surface area contributed by atoms with E-state index in [-0.39, 0.29) is 0 Å². The summed E-state index contributed by atoms with van der Waals surface area (Å²) in [5.74, 6) is 0. The average Bonchev–Trinajstić information content (AvgIpc) is 3.52. The molecular weight excluding hydrogens is 412 g/mol. The Kier molecular flexibility index (Phi) is 3.59. The maximum atomic E-state index is 4.88. The van der Waals surface area contributed by atoms with Gasteiger partial charge in [-0.2, -0.15) is 0 Å². The van der Waals surface area contributed by atoms with Crippen LogP contribution in [0.1, 0.15) is 11.9 Å². The third-order valence-corrected chi connectivity index (χ3v) is 7.44. The van der Waals surface area contributed by atoms with Gasteiger partial charge in [0.1, 0.15) is 16.0 Å². The Labute approximate surface area is 188 Å². The van der Waals surface area contributed by atoms with Crippen LogP contribution in [-0.4, -0.2) is 18.9 Å². The third kappa shape index (κ3) is 2.26. The highest BCUT2D eigenvalue weighted by molar-refractivity contribution is 7.18. The molecule has 4 nitrogen and oxygen atoms in total. The highest BCUT2D eigenvalue weighted by Gasteiger charge is 2.18. The molecule has 4 aromatic heterocycles. The number of benzene rings is 3. The number of nitrogens with zero attached hydrogens (tertiary/aromatic N) is 4. The zero-order valence-corrected chi connectivity index (χ0v) is 18.6. The average molecular weight is 433 g/mol. The van der Waals surface area contributed by atoms with Crippen LogP contribution in [0.25, 0.3) is 59.8 Å². The second-order valence-electron chi connectivity index (χ2n) is 8.23. The van der Waals surface area contributed by atoms with Crippen LogP contribution in [0, 0.1) is 6.92 Å². The van der Waals surface area contributed by atoms with Gasteiger partial charge in [0.05, 0.1) is 16.9 Å². The summed E-state index contributed by atoms with van der Waals surface area (Å²) in [6.45, 7) is 5.23. The van der Waals surface area contributed by atoms with Gasteiger partial charge in [0, 0.05) is 44.7 Å². The van der Waals surface area contributed by atoms with Gasteiger partial charge in [-0.1, -0.05) is 48.5 Å². The fourth-order valence-electron chi connectivity index (χ4n) is 5.13. The Hall–Kier alpha value is -3.70. The van der Waals surface area contributed by atoms with Crippen molar-refractivity contribution in [2.24, 2.45) is 0 Å². The standard InChI is InChI=1S/C27H20N4S/c1-3-30-22-11-7-6-8-18(22)21-14-17(12-13-23(21)30)24-15-28-26-20-10-5-4-9-19(20)25-27(31(24)26)32-16(2)29-25/h4-15H,3H2,1-2H3. The summed E-state index contributed by atoms with van der Waals surface area (Å²) in [7, 11) is 0. The third-order valence-electron chi connectivity index (χ3n) is 6.49. The van der Waals surface area contributed by atoms with Crippen LogP contribution in [0.2, 0.25) is 0 Å². The molecule has 5 heteroatoms. The van der Waals surface area contributed by atoms with E-state index in [1.165, 1.54) is 27.4 Å². The molecule has 0 saturated carbocycles. The van der Waals surface area contributed by atoms with Gasteiger partial charge >= 0.3 is 0 Å². The number of pyridine rings is 1. The van der Waals surface area contributed by atoms with E-state index in [1.54, 1.807) is 11.3 Å². The van der Waals surface area contributed by atoms with Crippen LogP contribution >= 0.6 is 11.3 Å². The van der Waals surface area contributed by atoms with Gasteiger partial charge in [-0.05, 0) is 32.0 Å². The Morgan fingerprint density at radius 3 is 2.44 bits per heavy atom. The van der Waals surface area contributed by atoms with Gasteiger partial charge in [-0.25, -0.2) is 9.97 Å². The molecule has 154 valence electrons. The number of hydrogen-bond acceptors (Lipinski definition) is 3. The van der Waals surface area contributed by atoms with Gasteiger partial charge in [0.15, 0.2) is 0 Å². The summed E-state index contributed by atoms with van der Waals surface area (Å²) >= 11 is 1.73. The zero-order valence-electron chi connectivity index (χ0n) is 17.8. The van der Waals surface area contributed by atoms with Crippen molar-refractivity contribution in [3.05, 3.63) is 77.9 Å². The maximum absolute atomic E-state index is 4.88.